The van der Waals surface area contributed by atoms with Gasteiger partial charge in [-0.1, -0.05) is 35.9 Å². The summed E-state index contributed by atoms with van der Waals surface area (Å²) in [6.07, 6.45) is 5.28. The lowest BCUT2D eigenvalue weighted by Crippen LogP contribution is -2.32. The summed E-state index contributed by atoms with van der Waals surface area (Å²) < 4.78 is 5.85. The highest BCUT2D eigenvalue weighted by atomic mass is 16.6. The number of anilines is 1. The lowest BCUT2D eigenvalue weighted by Gasteiger charge is -2.29. The molecule has 7 heteroatoms. The fourth-order valence-electron chi connectivity index (χ4n) is 3.33. The number of nitrogens with zero attached hydrogens (tertiary/aromatic N) is 4. The van der Waals surface area contributed by atoms with Crippen molar-refractivity contribution in [3.63, 3.8) is 0 Å². The van der Waals surface area contributed by atoms with Gasteiger partial charge in [0.2, 0.25) is 11.7 Å². The largest absolute Gasteiger partial charge is 0.437 e. The van der Waals surface area contributed by atoms with E-state index in [1.165, 1.54) is 11.6 Å². The van der Waals surface area contributed by atoms with Crippen LogP contribution in [0.25, 0.3) is 17.4 Å². The summed E-state index contributed by atoms with van der Waals surface area (Å²) in [5.74, 6) is 1.78. The Kier molecular flexibility index (Phi) is 4.89. The molecule has 1 fully saturated rings. The SMILES string of the molecule is Cc1ccc([N+](=O)[O-])c(N2CCC(=Cc3ncc(-c4ccccc4)o3)CC2)n1. The monoisotopic (exact) mass is 376 g/mol. The van der Waals surface area contributed by atoms with Gasteiger partial charge in [0.1, 0.15) is 0 Å². The zero-order chi connectivity index (χ0) is 19.5. The van der Waals surface area contributed by atoms with E-state index in [-0.39, 0.29) is 10.6 Å². The number of hydrogen-bond acceptors (Lipinski definition) is 6. The van der Waals surface area contributed by atoms with E-state index in [4.69, 9.17) is 4.42 Å². The Balaban J connectivity index is 1.47. The molecule has 3 heterocycles. The van der Waals surface area contributed by atoms with Crippen molar-refractivity contribution in [3.8, 4) is 11.3 Å². The van der Waals surface area contributed by atoms with Gasteiger partial charge in [0.05, 0.1) is 11.1 Å². The van der Waals surface area contributed by atoms with Crippen molar-refractivity contribution in [2.75, 3.05) is 18.0 Å². The summed E-state index contributed by atoms with van der Waals surface area (Å²) >= 11 is 0. The average Bonchev–Trinajstić information content (AvgIpc) is 3.17. The zero-order valence-electron chi connectivity index (χ0n) is 15.5. The van der Waals surface area contributed by atoms with Crippen molar-refractivity contribution in [2.24, 2.45) is 0 Å². The van der Waals surface area contributed by atoms with Gasteiger partial charge >= 0.3 is 5.69 Å². The van der Waals surface area contributed by atoms with Gasteiger partial charge in [-0.05, 0) is 25.8 Å². The van der Waals surface area contributed by atoms with E-state index < -0.39 is 0 Å². The first-order valence-corrected chi connectivity index (χ1v) is 9.18. The molecule has 28 heavy (non-hydrogen) atoms. The molecule has 1 aliphatic heterocycles. The quantitative estimate of drug-likeness (QED) is 0.487. The number of hydrogen-bond donors (Lipinski definition) is 0. The van der Waals surface area contributed by atoms with E-state index in [1.807, 2.05) is 48.2 Å². The summed E-state index contributed by atoms with van der Waals surface area (Å²) in [7, 11) is 0. The number of piperidine rings is 1. The molecular weight excluding hydrogens is 356 g/mol. The van der Waals surface area contributed by atoms with Crippen LogP contribution >= 0.6 is 0 Å². The summed E-state index contributed by atoms with van der Waals surface area (Å²) in [4.78, 5) is 21.7. The Labute approximate surface area is 162 Å². The minimum atomic E-state index is -0.370. The molecule has 3 aromatic rings. The third-order valence-electron chi connectivity index (χ3n) is 4.81. The summed E-state index contributed by atoms with van der Waals surface area (Å²) in [5, 5.41) is 11.3. The second-order valence-electron chi connectivity index (χ2n) is 6.77. The number of oxazole rings is 1. The standard InChI is InChI=1S/C21H20N4O3/c1-15-7-8-18(25(26)27)21(23-15)24-11-9-16(10-12-24)13-20-22-14-19(28-20)17-5-3-2-4-6-17/h2-8,13-14H,9-12H2,1H3. The molecule has 0 radical (unpaired) electrons. The number of aromatic nitrogens is 2. The van der Waals surface area contributed by atoms with E-state index in [2.05, 4.69) is 9.97 Å². The van der Waals surface area contributed by atoms with E-state index >= 15 is 0 Å². The highest BCUT2D eigenvalue weighted by Gasteiger charge is 2.24. The van der Waals surface area contributed by atoms with Gasteiger partial charge < -0.3 is 9.32 Å². The minimum absolute atomic E-state index is 0.0539. The molecule has 4 rings (SSSR count). The van der Waals surface area contributed by atoms with Crippen LogP contribution in [0.2, 0.25) is 0 Å². The molecule has 2 aromatic heterocycles. The lowest BCUT2D eigenvalue weighted by molar-refractivity contribution is -0.384. The molecule has 0 N–H and O–H groups in total. The number of pyridine rings is 1. The van der Waals surface area contributed by atoms with Crippen molar-refractivity contribution in [2.45, 2.75) is 19.8 Å². The molecule has 0 amide bonds. The molecule has 0 bridgehead atoms. The summed E-state index contributed by atoms with van der Waals surface area (Å²) in [6, 6.07) is 13.1. The van der Waals surface area contributed by atoms with Crippen LogP contribution in [0.3, 0.4) is 0 Å². The van der Waals surface area contributed by atoms with Crippen LogP contribution in [0.5, 0.6) is 0 Å². The van der Waals surface area contributed by atoms with Crippen LogP contribution in [-0.2, 0) is 0 Å². The van der Waals surface area contributed by atoms with Crippen LogP contribution in [0.15, 0.2) is 58.7 Å². The van der Waals surface area contributed by atoms with E-state index in [1.54, 1.807) is 12.3 Å². The maximum atomic E-state index is 11.3. The van der Waals surface area contributed by atoms with E-state index in [9.17, 15) is 10.1 Å². The van der Waals surface area contributed by atoms with Crippen LogP contribution < -0.4 is 4.90 Å². The molecule has 0 aliphatic carbocycles. The first kappa shape index (κ1) is 17.9. The van der Waals surface area contributed by atoms with Crippen molar-refractivity contribution in [3.05, 3.63) is 75.9 Å². The molecule has 1 aliphatic rings. The second-order valence-corrected chi connectivity index (χ2v) is 6.77. The van der Waals surface area contributed by atoms with Gasteiger partial charge in [-0.3, -0.25) is 10.1 Å². The average molecular weight is 376 g/mol. The zero-order valence-corrected chi connectivity index (χ0v) is 15.5. The molecule has 7 nitrogen and oxygen atoms in total. The van der Waals surface area contributed by atoms with E-state index in [0.29, 0.717) is 24.8 Å². The fourth-order valence-corrected chi connectivity index (χ4v) is 3.33. The Bertz CT molecular complexity index is 1020. The van der Waals surface area contributed by atoms with Gasteiger partial charge in [0, 0.05) is 36.5 Å². The number of nitro groups is 1. The number of benzene rings is 1. The summed E-state index contributed by atoms with van der Waals surface area (Å²) in [6.45, 7) is 3.19. The van der Waals surface area contributed by atoms with Gasteiger partial charge in [-0.25, -0.2) is 9.97 Å². The molecule has 0 spiro atoms. The first-order chi connectivity index (χ1) is 13.6. The maximum Gasteiger partial charge on any atom is 0.311 e. The lowest BCUT2D eigenvalue weighted by atomic mass is 10.0. The fraction of sp³-hybridized carbons (Fsp3) is 0.238. The highest BCUT2D eigenvalue weighted by Crippen LogP contribution is 2.30. The molecule has 142 valence electrons. The number of rotatable bonds is 4. The topological polar surface area (TPSA) is 85.3 Å². The molecule has 0 saturated carbocycles. The van der Waals surface area contributed by atoms with Gasteiger partial charge in [0.25, 0.3) is 0 Å². The van der Waals surface area contributed by atoms with Crippen molar-refractivity contribution in [1.82, 2.24) is 9.97 Å². The van der Waals surface area contributed by atoms with E-state index in [0.717, 1.165) is 29.9 Å². The predicted octanol–water partition coefficient (Wildman–Crippen LogP) is 4.64. The van der Waals surface area contributed by atoms with Crippen LogP contribution in [0, 0.1) is 17.0 Å². The molecule has 1 aromatic carbocycles. The summed E-state index contributed by atoms with van der Waals surface area (Å²) in [5.41, 5.74) is 3.04. The van der Waals surface area contributed by atoms with Crippen LogP contribution in [0.1, 0.15) is 24.4 Å². The van der Waals surface area contributed by atoms with Crippen LogP contribution in [-0.4, -0.2) is 28.0 Å². The van der Waals surface area contributed by atoms with Crippen molar-refractivity contribution >= 4 is 17.6 Å². The van der Waals surface area contributed by atoms with Crippen LogP contribution in [0.4, 0.5) is 11.5 Å². The Morgan fingerprint density at radius 1 is 1.14 bits per heavy atom. The Morgan fingerprint density at radius 2 is 1.89 bits per heavy atom. The molecule has 0 atom stereocenters. The third-order valence-corrected chi connectivity index (χ3v) is 4.81. The second kappa shape index (κ2) is 7.64. The molecular formula is C21H20N4O3. The smallest absolute Gasteiger partial charge is 0.311 e. The third kappa shape index (κ3) is 3.78. The minimum Gasteiger partial charge on any atom is -0.437 e. The van der Waals surface area contributed by atoms with Crippen molar-refractivity contribution in [1.29, 1.82) is 0 Å². The predicted molar refractivity (Wildman–Crippen MR) is 107 cm³/mol. The normalized spacial score (nSPS) is 14.2. The Morgan fingerprint density at radius 3 is 2.61 bits per heavy atom. The highest BCUT2D eigenvalue weighted by molar-refractivity contribution is 5.60. The Hall–Kier alpha value is -3.48. The number of aryl methyl sites for hydroxylation is 1. The molecule has 0 unspecified atom stereocenters. The maximum absolute atomic E-state index is 11.3. The van der Waals surface area contributed by atoms with Crippen molar-refractivity contribution < 1.29 is 9.34 Å². The van der Waals surface area contributed by atoms with Gasteiger partial charge in [0.15, 0.2) is 5.76 Å². The molecule has 1 saturated heterocycles. The van der Waals surface area contributed by atoms with Gasteiger partial charge in [-0.15, -0.1) is 0 Å². The first-order valence-electron chi connectivity index (χ1n) is 9.18. The van der Waals surface area contributed by atoms with Gasteiger partial charge in [-0.2, -0.15) is 0 Å².